The van der Waals surface area contributed by atoms with Gasteiger partial charge < -0.3 is 5.73 Å². The lowest BCUT2D eigenvalue weighted by Gasteiger charge is -2.14. The summed E-state index contributed by atoms with van der Waals surface area (Å²) >= 11 is 0. The Labute approximate surface area is 184 Å². The van der Waals surface area contributed by atoms with Crippen LogP contribution < -0.4 is 11.3 Å². The van der Waals surface area contributed by atoms with Crippen LogP contribution in [0.25, 0.3) is 27.5 Å². The Morgan fingerprint density at radius 1 is 1.09 bits per heavy atom. The van der Waals surface area contributed by atoms with E-state index >= 15 is 0 Å². The van der Waals surface area contributed by atoms with Crippen LogP contribution >= 0.6 is 0 Å². The van der Waals surface area contributed by atoms with Crippen LogP contribution in [-0.2, 0) is 6.42 Å². The highest BCUT2D eigenvalue weighted by molar-refractivity contribution is 5.89. The zero-order valence-corrected chi connectivity index (χ0v) is 17.7. The fourth-order valence-electron chi connectivity index (χ4n) is 3.67. The molecular weight excluding hydrogens is 402 g/mol. The van der Waals surface area contributed by atoms with Crippen LogP contribution in [0.2, 0.25) is 0 Å². The van der Waals surface area contributed by atoms with Gasteiger partial charge in [0.25, 0.3) is 5.56 Å². The fraction of sp³-hybridized carbons (Fsp3) is 0.125. The number of aromatic amines is 1. The van der Waals surface area contributed by atoms with Crippen molar-refractivity contribution in [1.82, 2.24) is 24.7 Å². The highest BCUT2D eigenvalue weighted by atomic mass is 16.1. The quantitative estimate of drug-likeness (QED) is 0.446. The first-order chi connectivity index (χ1) is 15.5. The first kappa shape index (κ1) is 20.8. The minimum absolute atomic E-state index is 0.0728. The number of aryl methyl sites for hydroxylation is 2. The Morgan fingerprint density at radius 2 is 1.88 bits per heavy atom. The summed E-state index contributed by atoms with van der Waals surface area (Å²) in [7, 11) is 0. The molecule has 0 unspecified atom stereocenters. The van der Waals surface area contributed by atoms with Crippen LogP contribution in [0.5, 0.6) is 0 Å². The van der Waals surface area contributed by atoms with Crippen LogP contribution in [0.4, 0.5) is 5.82 Å². The van der Waals surface area contributed by atoms with E-state index in [2.05, 4.69) is 33.2 Å². The molecule has 0 aliphatic rings. The van der Waals surface area contributed by atoms with Crippen molar-refractivity contribution in [2.24, 2.45) is 0 Å². The summed E-state index contributed by atoms with van der Waals surface area (Å²) in [5.41, 5.74) is 9.30. The van der Waals surface area contributed by atoms with Crippen molar-refractivity contribution in [2.75, 3.05) is 5.73 Å². The summed E-state index contributed by atoms with van der Waals surface area (Å²) in [6, 6.07) is 19.9. The number of benzene rings is 2. The van der Waals surface area contributed by atoms with Gasteiger partial charge in [0.05, 0.1) is 10.8 Å². The van der Waals surface area contributed by atoms with E-state index < -0.39 is 0 Å². The van der Waals surface area contributed by atoms with Gasteiger partial charge in [0.15, 0.2) is 5.65 Å². The predicted octanol–water partition coefficient (Wildman–Crippen LogP) is 3.67. The predicted molar refractivity (Wildman–Crippen MR) is 124 cm³/mol. The number of hydrogen-bond acceptors (Lipinski definition) is 6. The number of nitrogens with two attached hydrogens (primary N) is 1. The molecular formula is C24H21N7O. The number of para-hydroxylation sites is 1. The molecule has 32 heavy (non-hydrogen) atoms. The van der Waals surface area contributed by atoms with E-state index in [1.54, 1.807) is 0 Å². The highest BCUT2D eigenvalue weighted by Crippen LogP contribution is 2.19. The van der Waals surface area contributed by atoms with Crippen LogP contribution in [-0.4, -0.2) is 24.7 Å². The number of nitrogens with zero attached hydrogens (tertiary/aromatic N) is 5. The number of aromatic nitrogens is 5. The Hall–Kier alpha value is -4.51. The number of hydrogen-bond donors (Lipinski definition) is 2. The molecule has 0 bridgehead atoms. The van der Waals surface area contributed by atoms with Crippen molar-refractivity contribution in [1.29, 1.82) is 5.26 Å². The normalized spacial score (nSPS) is 10.5. The Kier molecular flexibility index (Phi) is 5.64. The van der Waals surface area contributed by atoms with Gasteiger partial charge in [0, 0.05) is 11.4 Å². The first-order valence-electron chi connectivity index (χ1n) is 10.1. The molecule has 8 heteroatoms. The standard InChI is InChI=1S/C18H17NO.C6H4N6/c1-3-15-12-14-9-7-8-13(2)17(14)18(20)19(15)16-10-5-4-6-11-16;7-1-3-4-5(8)9-2-10-6(4)12-11-3/h4-12H,3H2,1-2H3;2H,(H3,8,9,10,11,12). The molecule has 0 amide bonds. The van der Waals surface area contributed by atoms with Crippen LogP contribution in [0.3, 0.4) is 0 Å². The summed E-state index contributed by atoms with van der Waals surface area (Å²) in [6.45, 7) is 4.07. The van der Waals surface area contributed by atoms with Gasteiger partial charge in [0.1, 0.15) is 23.9 Å². The minimum atomic E-state index is 0.0728. The number of anilines is 1. The van der Waals surface area contributed by atoms with Gasteiger partial charge in [-0.2, -0.15) is 10.4 Å². The van der Waals surface area contributed by atoms with Crippen molar-refractivity contribution >= 4 is 27.6 Å². The van der Waals surface area contributed by atoms with Gasteiger partial charge in [-0.25, -0.2) is 9.97 Å². The van der Waals surface area contributed by atoms with Crippen molar-refractivity contribution < 1.29 is 0 Å². The Bertz CT molecular complexity index is 1510. The molecule has 0 fully saturated rings. The largest absolute Gasteiger partial charge is 0.383 e. The average molecular weight is 423 g/mol. The third kappa shape index (κ3) is 3.68. The van der Waals surface area contributed by atoms with Gasteiger partial charge >= 0.3 is 0 Å². The average Bonchev–Trinajstić information content (AvgIpc) is 3.24. The van der Waals surface area contributed by atoms with E-state index in [4.69, 9.17) is 11.0 Å². The van der Waals surface area contributed by atoms with E-state index in [0.29, 0.717) is 16.7 Å². The molecule has 3 aromatic heterocycles. The van der Waals surface area contributed by atoms with Gasteiger partial charge in [0.2, 0.25) is 0 Å². The van der Waals surface area contributed by atoms with E-state index in [-0.39, 0.29) is 11.4 Å². The second-order valence-corrected chi connectivity index (χ2v) is 7.17. The fourth-order valence-corrected chi connectivity index (χ4v) is 3.67. The van der Waals surface area contributed by atoms with Crippen molar-refractivity contribution in [3.8, 4) is 11.8 Å². The Morgan fingerprint density at radius 3 is 2.59 bits per heavy atom. The third-order valence-corrected chi connectivity index (χ3v) is 5.20. The van der Waals surface area contributed by atoms with Gasteiger partial charge in [-0.15, -0.1) is 0 Å². The molecule has 3 heterocycles. The second-order valence-electron chi connectivity index (χ2n) is 7.17. The van der Waals surface area contributed by atoms with E-state index in [9.17, 15) is 4.79 Å². The van der Waals surface area contributed by atoms with E-state index in [1.165, 1.54) is 6.33 Å². The van der Waals surface area contributed by atoms with E-state index in [0.717, 1.165) is 34.1 Å². The molecule has 8 nitrogen and oxygen atoms in total. The van der Waals surface area contributed by atoms with Gasteiger partial charge in [-0.3, -0.25) is 14.5 Å². The summed E-state index contributed by atoms with van der Waals surface area (Å²) in [5, 5.41) is 17.2. The van der Waals surface area contributed by atoms with Gasteiger partial charge in [-0.05, 0) is 42.5 Å². The maximum absolute atomic E-state index is 12.9. The molecule has 158 valence electrons. The monoisotopic (exact) mass is 423 g/mol. The summed E-state index contributed by atoms with van der Waals surface area (Å²) in [4.78, 5) is 20.5. The molecule has 0 aliphatic carbocycles. The van der Waals surface area contributed by atoms with Gasteiger partial charge in [-0.1, -0.05) is 43.3 Å². The smallest absolute Gasteiger partial charge is 0.263 e. The first-order valence-corrected chi connectivity index (χ1v) is 10.1. The number of rotatable bonds is 2. The molecule has 0 atom stereocenters. The molecule has 3 N–H and O–H groups in total. The lowest BCUT2D eigenvalue weighted by atomic mass is 10.1. The SMILES string of the molecule is CCc1cc2cccc(C)c2c(=O)n1-c1ccccc1.N#Cc1[nH]nc2ncnc(N)c12. The van der Waals surface area contributed by atoms with Crippen molar-refractivity contribution in [2.45, 2.75) is 20.3 Å². The molecule has 5 aromatic rings. The Balaban J connectivity index is 0.000000174. The molecule has 5 rings (SSSR count). The van der Waals surface area contributed by atoms with Crippen LogP contribution in [0.1, 0.15) is 23.9 Å². The topological polar surface area (TPSA) is 126 Å². The number of H-pyrrole nitrogens is 1. The minimum Gasteiger partial charge on any atom is -0.383 e. The lowest BCUT2D eigenvalue weighted by molar-refractivity contribution is 0.888. The third-order valence-electron chi connectivity index (χ3n) is 5.20. The molecule has 0 saturated carbocycles. The maximum Gasteiger partial charge on any atom is 0.263 e. The highest BCUT2D eigenvalue weighted by Gasteiger charge is 2.11. The van der Waals surface area contributed by atoms with Crippen LogP contribution in [0.15, 0.2) is 65.7 Å². The second kappa shape index (κ2) is 8.70. The maximum atomic E-state index is 12.9. The molecule has 2 aromatic carbocycles. The zero-order valence-electron chi connectivity index (χ0n) is 17.7. The number of pyridine rings is 1. The summed E-state index contributed by atoms with van der Waals surface area (Å²) in [5.74, 6) is 0.269. The number of nitrogens with one attached hydrogen (secondary N) is 1. The molecule has 0 saturated heterocycles. The molecule has 0 aliphatic heterocycles. The lowest BCUT2D eigenvalue weighted by Crippen LogP contribution is -2.22. The zero-order chi connectivity index (χ0) is 22.7. The number of nitrogen functional groups attached to an aromatic ring is 1. The van der Waals surface area contributed by atoms with Crippen molar-refractivity contribution in [3.63, 3.8) is 0 Å². The summed E-state index contributed by atoms with van der Waals surface area (Å²) < 4.78 is 1.83. The number of fused-ring (bicyclic) bond motifs is 2. The van der Waals surface area contributed by atoms with Crippen molar-refractivity contribution in [3.05, 3.63) is 88.2 Å². The summed E-state index contributed by atoms with van der Waals surface area (Å²) in [6.07, 6.45) is 2.13. The molecule has 0 radical (unpaired) electrons. The van der Waals surface area contributed by atoms with E-state index in [1.807, 2.05) is 66.1 Å². The molecule has 0 spiro atoms. The number of nitriles is 1. The van der Waals surface area contributed by atoms with Crippen LogP contribution in [0, 0.1) is 18.3 Å².